The van der Waals surface area contributed by atoms with Gasteiger partial charge in [0.15, 0.2) is 0 Å². The summed E-state index contributed by atoms with van der Waals surface area (Å²) in [6.45, 7) is 4.61. The van der Waals surface area contributed by atoms with Gasteiger partial charge in [-0.05, 0) is 32.6 Å². The average molecular weight is 263 g/mol. The van der Waals surface area contributed by atoms with E-state index in [9.17, 15) is 4.79 Å². The van der Waals surface area contributed by atoms with Crippen molar-refractivity contribution >= 4 is 5.91 Å². The minimum atomic E-state index is 0.0227. The van der Waals surface area contributed by atoms with E-state index in [1.165, 1.54) is 32.1 Å². The molecule has 1 fully saturated rings. The Balaban J connectivity index is 1.77. The van der Waals surface area contributed by atoms with Crippen LogP contribution in [0, 0.1) is 19.8 Å². The maximum absolute atomic E-state index is 12.1. The third-order valence-electron chi connectivity index (χ3n) is 4.29. The van der Waals surface area contributed by atoms with Crippen molar-refractivity contribution in [3.8, 4) is 0 Å². The number of nitrogens with zero attached hydrogens (tertiary/aromatic N) is 2. The molecular weight excluding hydrogens is 238 g/mol. The van der Waals surface area contributed by atoms with Crippen LogP contribution in [0.2, 0.25) is 0 Å². The predicted molar refractivity (Wildman–Crippen MR) is 76.2 cm³/mol. The molecule has 0 atom stereocenters. The van der Waals surface area contributed by atoms with Gasteiger partial charge in [-0.25, -0.2) is 0 Å². The summed E-state index contributed by atoms with van der Waals surface area (Å²) >= 11 is 0. The Morgan fingerprint density at radius 2 is 2.05 bits per heavy atom. The molecule has 0 spiro atoms. The van der Waals surface area contributed by atoms with Crippen LogP contribution in [0.5, 0.6) is 0 Å². The summed E-state index contributed by atoms with van der Waals surface area (Å²) in [6, 6.07) is 0. The molecule has 1 aliphatic rings. The largest absolute Gasteiger partial charge is 0.352 e. The van der Waals surface area contributed by atoms with Crippen molar-refractivity contribution in [1.82, 2.24) is 15.1 Å². The molecule has 1 heterocycles. The van der Waals surface area contributed by atoms with Crippen molar-refractivity contribution in [1.29, 1.82) is 0 Å². The van der Waals surface area contributed by atoms with Gasteiger partial charge in [-0.2, -0.15) is 5.10 Å². The molecule has 2 rings (SSSR count). The van der Waals surface area contributed by atoms with Crippen LogP contribution in [0.1, 0.15) is 60.3 Å². The highest BCUT2D eigenvalue weighted by Crippen LogP contribution is 2.28. The van der Waals surface area contributed by atoms with Crippen molar-refractivity contribution in [2.45, 2.75) is 52.4 Å². The topological polar surface area (TPSA) is 46.9 Å². The Morgan fingerprint density at radius 1 is 1.37 bits per heavy atom. The minimum absolute atomic E-state index is 0.0227. The van der Waals surface area contributed by atoms with Gasteiger partial charge in [-0.1, -0.05) is 25.7 Å². The molecule has 0 radical (unpaired) electrons. The zero-order valence-electron chi connectivity index (χ0n) is 12.3. The molecule has 4 heteroatoms. The molecule has 0 aromatic carbocycles. The standard InChI is InChI=1S/C15H25N3O/c1-11-14(12(2)18(3)17-11)15(19)16-10-6-9-13-7-4-5-8-13/h13H,4-10H2,1-3H3,(H,16,19). The number of amides is 1. The van der Waals surface area contributed by atoms with E-state index in [2.05, 4.69) is 10.4 Å². The monoisotopic (exact) mass is 263 g/mol. The summed E-state index contributed by atoms with van der Waals surface area (Å²) in [6.07, 6.45) is 7.90. The molecule has 4 nitrogen and oxygen atoms in total. The lowest BCUT2D eigenvalue weighted by Gasteiger charge is -2.09. The Morgan fingerprint density at radius 3 is 2.63 bits per heavy atom. The van der Waals surface area contributed by atoms with Crippen LogP contribution in [0.3, 0.4) is 0 Å². The normalized spacial score (nSPS) is 15.9. The van der Waals surface area contributed by atoms with Gasteiger partial charge < -0.3 is 5.32 Å². The molecule has 0 aliphatic heterocycles. The maximum atomic E-state index is 12.1. The van der Waals surface area contributed by atoms with Crippen LogP contribution in [-0.2, 0) is 7.05 Å². The summed E-state index contributed by atoms with van der Waals surface area (Å²) < 4.78 is 1.77. The molecule has 0 saturated heterocycles. The number of aryl methyl sites for hydroxylation is 2. The van der Waals surface area contributed by atoms with Crippen LogP contribution in [-0.4, -0.2) is 22.2 Å². The summed E-state index contributed by atoms with van der Waals surface area (Å²) in [7, 11) is 1.87. The van der Waals surface area contributed by atoms with E-state index in [0.29, 0.717) is 0 Å². The first-order chi connectivity index (χ1) is 9.09. The quantitative estimate of drug-likeness (QED) is 0.830. The fourth-order valence-corrected chi connectivity index (χ4v) is 3.08. The number of rotatable bonds is 5. The molecule has 1 saturated carbocycles. The van der Waals surface area contributed by atoms with E-state index < -0.39 is 0 Å². The Labute approximate surface area is 115 Å². The highest BCUT2D eigenvalue weighted by Gasteiger charge is 2.17. The van der Waals surface area contributed by atoms with Gasteiger partial charge in [0, 0.05) is 19.3 Å². The average Bonchev–Trinajstić information content (AvgIpc) is 2.95. The van der Waals surface area contributed by atoms with Gasteiger partial charge in [0.2, 0.25) is 0 Å². The molecule has 0 unspecified atom stereocenters. The van der Waals surface area contributed by atoms with E-state index in [1.807, 2.05) is 20.9 Å². The van der Waals surface area contributed by atoms with Crippen molar-refractivity contribution in [2.75, 3.05) is 6.54 Å². The number of hydrogen-bond acceptors (Lipinski definition) is 2. The third-order valence-corrected chi connectivity index (χ3v) is 4.29. The van der Waals surface area contributed by atoms with Crippen LogP contribution in [0.4, 0.5) is 0 Å². The molecule has 19 heavy (non-hydrogen) atoms. The van der Waals surface area contributed by atoms with E-state index >= 15 is 0 Å². The molecule has 1 aromatic rings. The zero-order valence-corrected chi connectivity index (χ0v) is 12.3. The first-order valence-corrected chi connectivity index (χ1v) is 7.38. The Kier molecular flexibility index (Phi) is 4.61. The highest BCUT2D eigenvalue weighted by atomic mass is 16.1. The van der Waals surface area contributed by atoms with Gasteiger partial charge in [-0.3, -0.25) is 9.48 Å². The molecule has 1 aliphatic carbocycles. The number of carbonyl (C=O) groups is 1. The van der Waals surface area contributed by atoms with E-state index in [1.54, 1.807) is 4.68 Å². The molecule has 1 amide bonds. The van der Waals surface area contributed by atoms with Crippen molar-refractivity contribution in [2.24, 2.45) is 13.0 Å². The van der Waals surface area contributed by atoms with Crippen LogP contribution >= 0.6 is 0 Å². The van der Waals surface area contributed by atoms with E-state index in [4.69, 9.17) is 0 Å². The predicted octanol–water partition coefficient (Wildman–Crippen LogP) is 2.74. The second-order valence-corrected chi connectivity index (χ2v) is 5.72. The Hall–Kier alpha value is -1.32. The van der Waals surface area contributed by atoms with Crippen LogP contribution < -0.4 is 5.32 Å². The lowest BCUT2D eigenvalue weighted by Crippen LogP contribution is -2.25. The number of carbonyl (C=O) groups excluding carboxylic acids is 1. The second-order valence-electron chi connectivity index (χ2n) is 5.72. The van der Waals surface area contributed by atoms with Gasteiger partial charge in [0.25, 0.3) is 5.91 Å². The lowest BCUT2D eigenvalue weighted by atomic mass is 10.0. The first-order valence-electron chi connectivity index (χ1n) is 7.38. The van der Waals surface area contributed by atoms with Crippen LogP contribution in [0.15, 0.2) is 0 Å². The minimum Gasteiger partial charge on any atom is -0.352 e. The Bertz CT molecular complexity index is 444. The van der Waals surface area contributed by atoms with Gasteiger partial charge in [-0.15, -0.1) is 0 Å². The second kappa shape index (κ2) is 6.22. The smallest absolute Gasteiger partial charge is 0.255 e. The molecule has 106 valence electrons. The molecular formula is C15H25N3O. The summed E-state index contributed by atoms with van der Waals surface area (Å²) in [4.78, 5) is 12.1. The van der Waals surface area contributed by atoms with E-state index in [0.717, 1.165) is 35.8 Å². The zero-order chi connectivity index (χ0) is 13.8. The number of hydrogen-bond donors (Lipinski definition) is 1. The SMILES string of the molecule is Cc1nn(C)c(C)c1C(=O)NCCCC1CCCC1. The molecule has 0 bridgehead atoms. The van der Waals surface area contributed by atoms with Crippen molar-refractivity contribution in [3.63, 3.8) is 0 Å². The van der Waals surface area contributed by atoms with E-state index in [-0.39, 0.29) is 5.91 Å². The molecule has 1 aromatic heterocycles. The number of nitrogens with one attached hydrogen (secondary N) is 1. The first kappa shape index (κ1) is 14.1. The van der Waals surface area contributed by atoms with Gasteiger partial charge in [0.05, 0.1) is 11.3 Å². The van der Waals surface area contributed by atoms with Crippen molar-refractivity contribution < 1.29 is 4.79 Å². The molecule has 1 N–H and O–H groups in total. The van der Waals surface area contributed by atoms with Gasteiger partial charge in [0.1, 0.15) is 0 Å². The van der Waals surface area contributed by atoms with Crippen molar-refractivity contribution in [3.05, 3.63) is 17.0 Å². The highest BCUT2D eigenvalue weighted by molar-refractivity contribution is 5.96. The van der Waals surface area contributed by atoms with Gasteiger partial charge >= 0.3 is 0 Å². The van der Waals surface area contributed by atoms with Crippen LogP contribution in [0.25, 0.3) is 0 Å². The fourth-order valence-electron chi connectivity index (χ4n) is 3.08. The number of aromatic nitrogens is 2. The summed E-state index contributed by atoms with van der Waals surface area (Å²) in [5.74, 6) is 0.924. The summed E-state index contributed by atoms with van der Waals surface area (Å²) in [5, 5.41) is 7.30. The maximum Gasteiger partial charge on any atom is 0.255 e. The third kappa shape index (κ3) is 3.37. The fraction of sp³-hybridized carbons (Fsp3) is 0.733. The summed E-state index contributed by atoms with van der Waals surface area (Å²) in [5.41, 5.74) is 2.49. The lowest BCUT2D eigenvalue weighted by molar-refractivity contribution is 0.0951.